The van der Waals surface area contributed by atoms with Gasteiger partial charge in [-0.25, -0.2) is 4.79 Å². The van der Waals surface area contributed by atoms with Gasteiger partial charge in [-0.05, 0) is 24.3 Å². The third-order valence-electron chi connectivity index (χ3n) is 5.56. The highest BCUT2D eigenvalue weighted by Gasteiger charge is 2.31. The number of aromatic amines is 1. The summed E-state index contributed by atoms with van der Waals surface area (Å²) in [4.78, 5) is 55.9. The van der Waals surface area contributed by atoms with Crippen LogP contribution in [0.1, 0.15) is 31.1 Å². The van der Waals surface area contributed by atoms with Crippen molar-refractivity contribution >= 4 is 34.5 Å². The second-order valence-corrected chi connectivity index (χ2v) is 7.35. The van der Waals surface area contributed by atoms with Crippen LogP contribution in [-0.2, 0) is 4.79 Å². The molecule has 2 N–H and O–H groups in total. The van der Waals surface area contributed by atoms with Gasteiger partial charge in [0.15, 0.2) is 0 Å². The zero-order valence-electron chi connectivity index (χ0n) is 17.3. The number of Topliss-reactive ketones (excluding diaryl/α,β-unsaturated/α-hetero) is 1. The van der Waals surface area contributed by atoms with Gasteiger partial charge in [0.05, 0.1) is 29.1 Å². The number of hydrogen-bond acceptors (Lipinski definition) is 5. The number of rotatable bonds is 5. The number of aromatic nitrogens is 1. The summed E-state index contributed by atoms with van der Waals surface area (Å²) in [6.07, 6.45) is 1.33. The van der Waals surface area contributed by atoms with Crippen LogP contribution in [0.25, 0.3) is 10.9 Å². The minimum atomic E-state index is -1.16. The van der Waals surface area contributed by atoms with E-state index in [1.165, 1.54) is 30.3 Å². The predicted molar refractivity (Wildman–Crippen MR) is 115 cm³/mol. The second-order valence-electron chi connectivity index (χ2n) is 7.35. The molecule has 4 rings (SSSR count). The Balaban J connectivity index is 1.52. The molecule has 9 heteroatoms. The molecule has 2 aromatic carbocycles. The number of carboxylic acids is 1. The van der Waals surface area contributed by atoms with E-state index in [9.17, 15) is 24.3 Å². The highest BCUT2D eigenvalue weighted by atomic mass is 16.5. The van der Waals surface area contributed by atoms with Crippen molar-refractivity contribution < 1.29 is 29.0 Å². The smallest absolute Gasteiger partial charge is 0.337 e. The van der Waals surface area contributed by atoms with Crippen LogP contribution in [0, 0.1) is 0 Å². The zero-order valence-corrected chi connectivity index (χ0v) is 17.3. The van der Waals surface area contributed by atoms with Gasteiger partial charge >= 0.3 is 5.97 Å². The Morgan fingerprint density at radius 1 is 0.906 bits per heavy atom. The maximum Gasteiger partial charge on any atom is 0.337 e. The minimum Gasteiger partial charge on any atom is -0.496 e. The lowest BCUT2D eigenvalue weighted by Crippen LogP contribution is -2.52. The molecule has 0 atom stereocenters. The van der Waals surface area contributed by atoms with Crippen molar-refractivity contribution in [2.24, 2.45) is 0 Å². The predicted octanol–water partition coefficient (Wildman–Crippen LogP) is 2.04. The van der Waals surface area contributed by atoms with Crippen molar-refractivity contribution in [3.05, 3.63) is 65.4 Å². The van der Waals surface area contributed by atoms with Gasteiger partial charge in [-0.3, -0.25) is 14.4 Å². The summed E-state index contributed by atoms with van der Waals surface area (Å²) >= 11 is 0. The number of aromatic carboxylic acids is 1. The molecule has 2 amide bonds. The lowest BCUT2D eigenvalue weighted by molar-refractivity contribution is -0.127. The van der Waals surface area contributed by atoms with E-state index in [0.29, 0.717) is 24.4 Å². The number of nitrogens with zero attached hydrogens (tertiary/aromatic N) is 2. The number of carboxylic acid groups (broad SMARTS) is 1. The van der Waals surface area contributed by atoms with Crippen molar-refractivity contribution in [2.75, 3.05) is 33.3 Å². The molecule has 1 aromatic heterocycles. The lowest BCUT2D eigenvalue weighted by Gasteiger charge is -2.34. The molecule has 9 nitrogen and oxygen atoms in total. The van der Waals surface area contributed by atoms with Crippen molar-refractivity contribution in [3.8, 4) is 5.75 Å². The maximum absolute atomic E-state index is 13.0. The molecule has 1 aliphatic rings. The number of amides is 2. The number of hydrogen-bond donors (Lipinski definition) is 2. The molecule has 0 aliphatic carbocycles. The largest absolute Gasteiger partial charge is 0.496 e. The van der Waals surface area contributed by atoms with Gasteiger partial charge in [0.25, 0.3) is 17.6 Å². The number of H-pyrrole nitrogens is 1. The van der Waals surface area contributed by atoms with Crippen molar-refractivity contribution in [1.29, 1.82) is 0 Å². The average Bonchev–Trinajstić information content (AvgIpc) is 3.28. The van der Waals surface area contributed by atoms with E-state index >= 15 is 0 Å². The van der Waals surface area contributed by atoms with Crippen molar-refractivity contribution in [1.82, 2.24) is 14.8 Å². The van der Waals surface area contributed by atoms with E-state index in [2.05, 4.69) is 4.98 Å². The topological polar surface area (TPSA) is 120 Å². The first kappa shape index (κ1) is 21.1. The zero-order chi connectivity index (χ0) is 22.8. The molecule has 1 aliphatic heterocycles. The van der Waals surface area contributed by atoms with Gasteiger partial charge in [-0.15, -0.1) is 0 Å². The van der Waals surface area contributed by atoms with Crippen LogP contribution >= 0.6 is 0 Å². The van der Waals surface area contributed by atoms with Crippen LogP contribution < -0.4 is 4.74 Å². The molecule has 2 heterocycles. The fourth-order valence-corrected chi connectivity index (χ4v) is 3.88. The Bertz CT molecular complexity index is 1210. The third kappa shape index (κ3) is 3.68. The molecule has 32 heavy (non-hydrogen) atoms. The normalized spacial score (nSPS) is 13.8. The average molecular weight is 435 g/mol. The Kier molecular flexibility index (Phi) is 5.63. The Labute approximate surface area is 183 Å². The molecular weight excluding hydrogens is 414 g/mol. The Morgan fingerprint density at radius 2 is 1.56 bits per heavy atom. The number of benzene rings is 2. The van der Waals surface area contributed by atoms with Crippen LogP contribution in [0.3, 0.4) is 0 Å². The van der Waals surface area contributed by atoms with Crippen molar-refractivity contribution in [2.45, 2.75) is 0 Å². The van der Waals surface area contributed by atoms with E-state index in [0.717, 1.165) is 0 Å². The van der Waals surface area contributed by atoms with Crippen molar-refractivity contribution in [3.63, 3.8) is 0 Å². The monoisotopic (exact) mass is 435 g/mol. The fourth-order valence-electron chi connectivity index (χ4n) is 3.88. The molecule has 0 unspecified atom stereocenters. The molecular formula is C23H21N3O6. The number of carbonyl (C=O) groups excluding carboxylic acids is 3. The number of methoxy groups -OCH3 is 1. The van der Waals surface area contributed by atoms with E-state index in [1.807, 2.05) is 6.07 Å². The highest BCUT2D eigenvalue weighted by Crippen LogP contribution is 2.32. The summed E-state index contributed by atoms with van der Waals surface area (Å²) in [6, 6.07) is 11.7. The first-order valence-corrected chi connectivity index (χ1v) is 10.0. The van der Waals surface area contributed by atoms with Gasteiger partial charge in [0.2, 0.25) is 0 Å². The summed E-state index contributed by atoms with van der Waals surface area (Å²) in [6.45, 7) is 1.08. The van der Waals surface area contributed by atoms with Crippen LogP contribution in [0.5, 0.6) is 5.75 Å². The molecule has 164 valence electrons. The summed E-state index contributed by atoms with van der Waals surface area (Å²) in [5, 5.41) is 9.66. The van der Waals surface area contributed by atoms with E-state index < -0.39 is 17.7 Å². The number of ketones is 1. The van der Waals surface area contributed by atoms with Crippen LogP contribution in [-0.4, -0.2) is 76.7 Å². The van der Waals surface area contributed by atoms with E-state index in [4.69, 9.17) is 4.74 Å². The van der Waals surface area contributed by atoms with Gasteiger partial charge in [-0.1, -0.05) is 18.2 Å². The SMILES string of the molecule is COc1ccc(C(=O)O)c2[nH]cc(C(=O)C(=O)N3CCN(C(=O)c4ccccc4)CC3)c12. The fraction of sp³-hybridized carbons (Fsp3) is 0.217. The van der Waals surface area contributed by atoms with Gasteiger partial charge in [0.1, 0.15) is 5.75 Å². The van der Waals surface area contributed by atoms with Crippen LogP contribution in [0.2, 0.25) is 0 Å². The Hall–Kier alpha value is -4.14. The van der Waals surface area contributed by atoms with Gasteiger partial charge < -0.3 is 24.6 Å². The van der Waals surface area contributed by atoms with Gasteiger partial charge in [0, 0.05) is 37.9 Å². The molecule has 0 spiro atoms. The highest BCUT2D eigenvalue weighted by molar-refractivity contribution is 6.45. The first-order chi connectivity index (χ1) is 15.4. The summed E-state index contributed by atoms with van der Waals surface area (Å²) < 4.78 is 5.28. The molecule has 0 radical (unpaired) electrons. The maximum atomic E-state index is 13.0. The first-order valence-electron chi connectivity index (χ1n) is 10.0. The molecule has 1 saturated heterocycles. The lowest BCUT2D eigenvalue weighted by atomic mass is 10.0. The van der Waals surface area contributed by atoms with Crippen LogP contribution in [0.15, 0.2) is 48.7 Å². The quantitative estimate of drug-likeness (QED) is 0.468. The summed E-state index contributed by atoms with van der Waals surface area (Å²) in [5.74, 6) is -2.46. The molecule has 0 bridgehead atoms. The standard InChI is InChI=1S/C23H21N3O6/c1-32-17-8-7-15(23(30)31)19-18(17)16(13-24-19)20(27)22(29)26-11-9-25(10-12-26)21(28)14-5-3-2-4-6-14/h2-8,13,24H,9-12H2,1H3,(H,30,31). The summed E-state index contributed by atoms with van der Waals surface area (Å²) in [7, 11) is 1.40. The number of piperazine rings is 1. The number of fused-ring (bicyclic) bond motifs is 1. The Morgan fingerprint density at radius 3 is 2.19 bits per heavy atom. The third-order valence-corrected chi connectivity index (χ3v) is 5.56. The minimum absolute atomic E-state index is 0.0275. The van der Waals surface area contributed by atoms with Crippen LogP contribution in [0.4, 0.5) is 0 Å². The summed E-state index contributed by atoms with van der Waals surface area (Å²) in [5.41, 5.74) is 0.808. The molecule has 3 aromatic rings. The molecule has 0 saturated carbocycles. The van der Waals surface area contributed by atoms with E-state index in [1.54, 1.807) is 29.2 Å². The van der Waals surface area contributed by atoms with E-state index in [-0.39, 0.29) is 41.0 Å². The van der Waals surface area contributed by atoms with Gasteiger partial charge in [-0.2, -0.15) is 0 Å². The molecule has 1 fully saturated rings. The second kappa shape index (κ2) is 8.54. The number of ether oxygens (including phenoxy) is 1. The number of nitrogens with one attached hydrogen (secondary N) is 1. The number of carbonyl (C=O) groups is 4.